The molecule has 2 rings (SSSR count). The molecule has 1 saturated carbocycles. The maximum Gasteiger partial charge on any atom is 0.0895 e. The van der Waals surface area contributed by atoms with E-state index in [9.17, 15) is 5.11 Å². The maximum atomic E-state index is 9.67. The summed E-state index contributed by atoms with van der Waals surface area (Å²) in [6, 6.07) is 0. The van der Waals surface area contributed by atoms with Crippen LogP contribution in [0.1, 0.15) is 45.4 Å². The number of hydrogen-bond acceptors (Lipinski definition) is 2. The molecule has 0 aromatic carbocycles. The number of epoxide rings is 1. The van der Waals surface area contributed by atoms with Gasteiger partial charge in [-0.3, -0.25) is 0 Å². The van der Waals surface area contributed by atoms with E-state index in [-0.39, 0.29) is 6.10 Å². The second-order valence-corrected chi connectivity index (χ2v) is 4.46. The van der Waals surface area contributed by atoms with Crippen LogP contribution >= 0.6 is 0 Å². The van der Waals surface area contributed by atoms with Crippen LogP contribution in [-0.2, 0) is 4.74 Å². The molecule has 0 amide bonds. The first-order chi connectivity index (χ1) is 6.33. The van der Waals surface area contributed by atoms with Crippen molar-refractivity contribution in [1.82, 2.24) is 0 Å². The zero-order valence-corrected chi connectivity index (χ0v) is 8.41. The van der Waals surface area contributed by atoms with E-state index in [4.69, 9.17) is 4.74 Å². The molecule has 76 valence electrons. The zero-order valence-electron chi connectivity index (χ0n) is 8.41. The highest BCUT2D eigenvalue weighted by molar-refractivity contribution is 5.02. The van der Waals surface area contributed by atoms with Crippen molar-refractivity contribution in [2.24, 2.45) is 5.92 Å². The van der Waals surface area contributed by atoms with E-state index in [0.29, 0.717) is 18.1 Å². The van der Waals surface area contributed by atoms with Crippen molar-refractivity contribution in [2.75, 3.05) is 0 Å². The molecule has 1 N–H and O–H groups in total. The number of unbranched alkanes of at least 4 members (excludes halogenated alkanes) is 3. The summed E-state index contributed by atoms with van der Waals surface area (Å²) in [7, 11) is 0. The van der Waals surface area contributed by atoms with Gasteiger partial charge in [-0.05, 0) is 6.42 Å². The number of aliphatic hydroxyl groups excluding tert-OH is 1. The van der Waals surface area contributed by atoms with Gasteiger partial charge in [0.15, 0.2) is 0 Å². The van der Waals surface area contributed by atoms with E-state index in [2.05, 4.69) is 6.92 Å². The molecule has 0 aromatic heterocycles. The van der Waals surface area contributed by atoms with Gasteiger partial charge < -0.3 is 9.84 Å². The highest BCUT2D eigenvalue weighted by Crippen LogP contribution is 2.45. The third-order valence-electron chi connectivity index (χ3n) is 3.40. The summed E-state index contributed by atoms with van der Waals surface area (Å²) < 4.78 is 5.43. The van der Waals surface area contributed by atoms with Gasteiger partial charge in [-0.15, -0.1) is 0 Å². The van der Waals surface area contributed by atoms with Crippen molar-refractivity contribution in [3.8, 4) is 0 Å². The minimum Gasteiger partial charge on any atom is -0.393 e. The van der Waals surface area contributed by atoms with Crippen LogP contribution in [0.4, 0.5) is 0 Å². The maximum absolute atomic E-state index is 9.67. The predicted molar refractivity (Wildman–Crippen MR) is 51.5 cm³/mol. The Labute approximate surface area is 80.3 Å². The molecule has 2 nitrogen and oxygen atoms in total. The lowest BCUT2D eigenvalue weighted by Gasteiger charge is -2.15. The van der Waals surface area contributed by atoms with Gasteiger partial charge in [-0.25, -0.2) is 0 Å². The lowest BCUT2D eigenvalue weighted by Crippen LogP contribution is -2.19. The molecule has 13 heavy (non-hydrogen) atoms. The van der Waals surface area contributed by atoms with E-state index in [1.807, 2.05) is 0 Å². The molecule has 0 aromatic rings. The van der Waals surface area contributed by atoms with Gasteiger partial charge in [0.1, 0.15) is 0 Å². The number of fused-ring (bicyclic) bond motifs is 1. The van der Waals surface area contributed by atoms with Gasteiger partial charge in [-0.2, -0.15) is 0 Å². The molecular formula is C11H20O2. The molecule has 1 heterocycles. The Morgan fingerprint density at radius 2 is 2.15 bits per heavy atom. The Hall–Kier alpha value is -0.0800. The lowest BCUT2D eigenvalue weighted by molar-refractivity contribution is 0.0690. The van der Waals surface area contributed by atoms with Crippen LogP contribution in [0, 0.1) is 5.92 Å². The Bertz CT molecular complexity index is 167. The summed E-state index contributed by atoms with van der Waals surface area (Å²) in [5.74, 6) is 0.460. The summed E-state index contributed by atoms with van der Waals surface area (Å²) in [6.45, 7) is 2.23. The average Bonchev–Trinajstić information content (AvgIpc) is 2.78. The van der Waals surface area contributed by atoms with Crippen LogP contribution in [0.2, 0.25) is 0 Å². The lowest BCUT2D eigenvalue weighted by atomic mass is 9.97. The van der Waals surface area contributed by atoms with E-state index in [0.717, 1.165) is 6.42 Å². The van der Waals surface area contributed by atoms with Gasteiger partial charge in [0, 0.05) is 12.3 Å². The summed E-state index contributed by atoms with van der Waals surface area (Å²) in [6.07, 6.45) is 8.05. The van der Waals surface area contributed by atoms with Crippen molar-refractivity contribution < 1.29 is 9.84 Å². The van der Waals surface area contributed by atoms with Crippen LogP contribution in [0.25, 0.3) is 0 Å². The van der Waals surface area contributed by atoms with Gasteiger partial charge >= 0.3 is 0 Å². The molecule has 0 unspecified atom stereocenters. The normalized spacial score (nSPS) is 42.0. The minimum atomic E-state index is -0.0645. The Morgan fingerprint density at radius 3 is 2.77 bits per heavy atom. The minimum absolute atomic E-state index is 0.0645. The Balaban J connectivity index is 1.63. The smallest absolute Gasteiger partial charge is 0.0895 e. The topological polar surface area (TPSA) is 32.8 Å². The van der Waals surface area contributed by atoms with E-state index in [1.165, 1.54) is 32.1 Å². The SMILES string of the molecule is CCCCCC[C@@H]1[C@@H]2O[C@@H]2C[C@@H]1O. The molecule has 1 aliphatic heterocycles. The first-order valence-electron chi connectivity index (χ1n) is 5.66. The Kier molecular flexibility index (Phi) is 2.89. The third-order valence-corrected chi connectivity index (χ3v) is 3.40. The van der Waals surface area contributed by atoms with Gasteiger partial charge in [0.05, 0.1) is 18.3 Å². The fourth-order valence-electron chi connectivity index (χ4n) is 2.52. The molecule has 2 fully saturated rings. The summed E-state index contributed by atoms with van der Waals surface area (Å²) >= 11 is 0. The average molecular weight is 184 g/mol. The standard InChI is InChI=1S/C11H20O2/c1-2-3-4-5-6-8-9(12)7-10-11(8)13-10/h8-12H,2-7H2,1H3/t8-,9-,10+,11-/m0/s1. The highest BCUT2D eigenvalue weighted by Gasteiger charge is 2.54. The zero-order chi connectivity index (χ0) is 9.26. The van der Waals surface area contributed by atoms with Crippen LogP contribution in [0.15, 0.2) is 0 Å². The van der Waals surface area contributed by atoms with Crippen molar-refractivity contribution >= 4 is 0 Å². The van der Waals surface area contributed by atoms with Crippen LogP contribution in [-0.4, -0.2) is 23.4 Å². The molecule has 2 aliphatic rings. The van der Waals surface area contributed by atoms with Gasteiger partial charge in [-0.1, -0.05) is 32.6 Å². The first-order valence-corrected chi connectivity index (χ1v) is 5.66. The van der Waals surface area contributed by atoms with Crippen LogP contribution in [0.5, 0.6) is 0 Å². The summed E-state index contributed by atoms with van der Waals surface area (Å²) in [4.78, 5) is 0. The summed E-state index contributed by atoms with van der Waals surface area (Å²) in [5, 5.41) is 9.67. The van der Waals surface area contributed by atoms with Crippen molar-refractivity contribution in [3.63, 3.8) is 0 Å². The molecule has 0 bridgehead atoms. The van der Waals surface area contributed by atoms with Crippen LogP contribution in [0.3, 0.4) is 0 Å². The second-order valence-electron chi connectivity index (χ2n) is 4.46. The van der Waals surface area contributed by atoms with Gasteiger partial charge in [0.25, 0.3) is 0 Å². The molecule has 0 spiro atoms. The summed E-state index contributed by atoms with van der Waals surface area (Å²) in [5.41, 5.74) is 0. The Morgan fingerprint density at radius 1 is 1.31 bits per heavy atom. The van der Waals surface area contributed by atoms with Gasteiger partial charge in [0.2, 0.25) is 0 Å². The molecule has 2 heteroatoms. The fraction of sp³-hybridized carbons (Fsp3) is 1.00. The van der Waals surface area contributed by atoms with E-state index in [1.54, 1.807) is 0 Å². The monoisotopic (exact) mass is 184 g/mol. The van der Waals surface area contributed by atoms with Crippen molar-refractivity contribution in [1.29, 1.82) is 0 Å². The van der Waals surface area contributed by atoms with Crippen molar-refractivity contribution in [2.45, 2.75) is 63.8 Å². The molecular weight excluding hydrogens is 164 g/mol. The van der Waals surface area contributed by atoms with Crippen molar-refractivity contribution in [3.05, 3.63) is 0 Å². The molecule has 0 radical (unpaired) electrons. The number of aliphatic hydroxyl groups is 1. The van der Waals surface area contributed by atoms with E-state index >= 15 is 0 Å². The van der Waals surface area contributed by atoms with E-state index < -0.39 is 0 Å². The third kappa shape index (κ3) is 2.05. The fourth-order valence-corrected chi connectivity index (χ4v) is 2.52. The second kappa shape index (κ2) is 3.97. The number of ether oxygens (including phenoxy) is 1. The quantitative estimate of drug-likeness (QED) is 0.524. The number of rotatable bonds is 5. The predicted octanol–water partition coefficient (Wildman–Crippen LogP) is 2.11. The van der Waals surface area contributed by atoms with Crippen LogP contribution < -0.4 is 0 Å². The first kappa shape index (κ1) is 9.47. The highest BCUT2D eigenvalue weighted by atomic mass is 16.6. The number of hydrogen-bond donors (Lipinski definition) is 1. The molecule has 4 atom stereocenters. The molecule has 1 aliphatic carbocycles. The largest absolute Gasteiger partial charge is 0.393 e. The molecule has 1 saturated heterocycles.